The van der Waals surface area contributed by atoms with E-state index >= 15 is 0 Å². The van der Waals surface area contributed by atoms with E-state index in [2.05, 4.69) is 4.98 Å². The smallest absolute Gasteiger partial charge is 0.355 e. The first-order valence-electron chi connectivity index (χ1n) is 5.15. The summed E-state index contributed by atoms with van der Waals surface area (Å²) in [7, 11) is 0. The highest BCUT2D eigenvalue weighted by molar-refractivity contribution is 7.98. The minimum atomic E-state index is -1.02. The van der Waals surface area contributed by atoms with Crippen LogP contribution in [0.2, 0.25) is 0 Å². The molecule has 0 aliphatic heterocycles. The van der Waals surface area contributed by atoms with Crippen LogP contribution in [0.3, 0.4) is 0 Å². The summed E-state index contributed by atoms with van der Waals surface area (Å²) < 4.78 is 13.4. The highest BCUT2D eigenvalue weighted by Gasteiger charge is 2.14. The predicted octanol–water partition coefficient (Wildman–Crippen LogP) is 3.58. The van der Waals surface area contributed by atoms with Crippen LogP contribution in [0.5, 0.6) is 0 Å². The van der Waals surface area contributed by atoms with Crippen LogP contribution in [0.15, 0.2) is 29.2 Å². The Hall–Kier alpha value is -1.40. The predicted molar refractivity (Wildman–Crippen MR) is 69.8 cm³/mol. The zero-order chi connectivity index (χ0) is 13.1. The molecule has 0 spiro atoms. The number of aromatic nitrogens is 1. The second-order valence-corrected chi connectivity index (χ2v) is 5.84. The van der Waals surface area contributed by atoms with Crippen LogP contribution in [0.4, 0.5) is 4.39 Å². The van der Waals surface area contributed by atoms with E-state index in [4.69, 9.17) is 5.11 Å². The molecule has 2 aromatic rings. The Morgan fingerprint density at radius 3 is 2.83 bits per heavy atom. The Bertz CT molecular complexity index is 583. The topological polar surface area (TPSA) is 50.2 Å². The van der Waals surface area contributed by atoms with E-state index in [9.17, 15) is 9.18 Å². The van der Waals surface area contributed by atoms with Crippen LogP contribution in [0, 0.1) is 12.7 Å². The molecule has 0 saturated heterocycles. The minimum Gasteiger partial charge on any atom is -0.476 e. The average molecular weight is 283 g/mol. The molecule has 0 atom stereocenters. The minimum absolute atomic E-state index is 0.0872. The van der Waals surface area contributed by atoms with Crippen molar-refractivity contribution in [2.45, 2.75) is 17.6 Å². The third-order valence-corrected chi connectivity index (χ3v) is 4.44. The lowest BCUT2D eigenvalue weighted by Crippen LogP contribution is -1.98. The first kappa shape index (κ1) is 13.0. The normalized spacial score (nSPS) is 10.6. The quantitative estimate of drug-likeness (QED) is 0.871. The maximum absolute atomic E-state index is 13.4. The Morgan fingerprint density at radius 1 is 1.50 bits per heavy atom. The summed E-state index contributed by atoms with van der Waals surface area (Å²) in [6.45, 7) is 1.72. The lowest BCUT2D eigenvalue weighted by molar-refractivity contribution is 0.0690. The molecule has 94 valence electrons. The average Bonchev–Trinajstić information content (AvgIpc) is 2.70. The number of hydrogen-bond acceptors (Lipinski definition) is 4. The van der Waals surface area contributed by atoms with E-state index in [-0.39, 0.29) is 11.5 Å². The van der Waals surface area contributed by atoms with E-state index in [1.807, 2.05) is 0 Å². The zero-order valence-electron chi connectivity index (χ0n) is 9.51. The van der Waals surface area contributed by atoms with Crippen LogP contribution in [-0.4, -0.2) is 16.1 Å². The molecule has 1 aromatic carbocycles. The number of carboxylic acid groups (broad SMARTS) is 1. The van der Waals surface area contributed by atoms with E-state index in [0.29, 0.717) is 20.5 Å². The summed E-state index contributed by atoms with van der Waals surface area (Å²) in [5, 5.41) is 9.58. The van der Waals surface area contributed by atoms with Gasteiger partial charge in [-0.05, 0) is 19.1 Å². The van der Waals surface area contributed by atoms with Gasteiger partial charge in [-0.2, -0.15) is 0 Å². The van der Waals surface area contributed by atoms with Gasteiger partial charge in [0.1, 0.15) is 10.8 Å². The van der Waals surface area contributed by atoms with Gasteiger partial charge in [0.25, 0.3) is 0 Å². The van der Waals surface area contributed by atoms with Gasteiger partial charge in [0.2, 0.25) is 0 Å². The standard InChI is InChI=1S/C12H10FNO2S2/c1-7-11(12(15)16)14-10(18-7)6-17-9-5-3-2-4-8(9)13/h2-5H,6H2,1H3,(H,15,16). The van der Waals surface area contributed by atoms with Crippen molar-refractivity contribution in [3.8, 4) is 0 Å². The van der Waals surface area contributed by atoms with Gasteiger partial charge in [0.05, 0.1) is 5.75 Å². The maximum atomic E-state index is 13.4. The number of rotatable bonds is 4. The van der Waals surface area contributed by atoms with Gasteiger partial charge in [-0.3, -0.25) is 0 Å². The Kier molecular flexibility index (Phi) is 3.98. The first-order chi connectivity index (χ1) is 8.58. The number of thiazole rings is 1. The van der Waals surface area contributed by atoms with Crippen LogP contribution >= 0.6 is 23.1 Å². The van der Waals surface area contributed by atoms with Gasteiger partial charge in [-0.15, -0.1) is 23.1 Å². The summed E-state index contributed by atoms with van der Waals surface area (Å²) in [6, 6.07) is 6.49. The molecule has 18 heavy (non-hydrogen) atoms. The lowest BCUT2D eigenvalue weighted by atomic mass is 10.3. The Morgan fingerprint density at radius 2 is 2.22 bits per heavy atom. The number of aromatic carboxylic acids is 1. The van der Waals surface area contributed by atoms with Crippen LogP contribution < -0.4 is 0 Å². The fourth-order valence-corrected chi connectivity index (χ4v) is 3.27. The summed E-state index contributed by atoms with van der Waals surface area (Å²) in [4.78, 5) is 16.1. The van der Waals surface area contributed by atoms with Crippen LogP contribution in [0.1, 0.15) is 20.4 Å². The lowest BCUT2D eigenvalue weighted by Gasteiger charge is -1.99. The van der Waals surface area contributed by atoms with Gasteiger partial charge in [-0.1, -0.05) is 12.1 Å². The first-order valence-corrected chi connectivity index (χ1v) is 6.95. The van der Waals surface area contributed by atoms with Crippen molar-refractivity contribution in [2.24, 2.45) is 0 Å². The molecular weight excluding hydrogens is 273 g/mol. The number of benzene rings is 1. The van der Waals surface area contributed by atoms with Gasteiger partial charge in [0.15, 0.2) is 5.69 Å². The van der Waals surface area contributed by atoms with Gasteiger partial charge in [0, 0.05) is 9.77 Å². The molecule has 0 saturated carbocycles. The van der Waals surface area contributed by atoms with E-state index in [1.165, 1.54) is 29.2 Å². The molecule has 0 bridgehead atoms. The molecule has 2 rings (SSSR count). The second kappa shape index (κ2) is 5.49. The molecule has 0 aliphatic carbocycles. The van der Waals surface area contributed by atoms with E-state index < -0.39 is 5.97 Å². The molecule has 0 unspecified atom stereocenters. The van der Waals surface area contributed by atoms with Crippen molar-refractivity contribution in [3.05, 3.63) is 45.7 Å². The van der Waals surface area contributed by atoms with Crippen molar-refractivity contribution in [1.29, 1.82) is 0 Å². The number of nitrogens with zero attached hydrogens (tertiary/aromatic N) is 1. The largest absolute Gasteiger partial charge is 0.476 e. The molecule has 1 N–H and O–H groups in total. The van der Waals surface area contributed by atoms with E-state index in [1.54, 1.807) is 25.1 Å². The molecule has 3 nitrogen and oxygen atoms in total. The molecule has 1 heterocycles. The van der Waals surface area contributed by atoms with Crippen molar-refractivity contribution in [3.63, 3.8) is 0 Å². The highest BCUT2D eigenvalue weighted by Crippen LogP contribution is 2.28. The zero-order valence-corrected chi connectivity index (χ0v) is 11.1. The number of thioether (sulfide) groups is 1. The molecule has 0 radical (unpaired) electrons. The Labute approximate surface area is 112 Å². The third kappa shape index (κ3) is 2.88. The SMILES string of the molecule is Cc1sc(CSc2ccccc2F)nc1C(=O)O. The van der Waals surface area contributed by atoms with E-state index in [0.717, 1.165) is 0 Å². The van der Waals surface area contributed by atoms with Gasteiger partial charge >= 0.3 is 5.97 Å². The van der Waals surface area contributed by atoms with Crippen molar-refractivity contribution in [1.82, 2.24) is 4.98 Å². The summed E-state index contributed by atoms with van der Waals surface area (Å²) in [5.74, 6) is -0.820. The Balaban J connectivity index is 2.09. The second-order valence-electron chi connectivity index (χ2n) is 3.54. The van der Waals surface area contributed by atoms with Gasteiger partial charge in [-0.25, -0.2) is 14.2 Å². The van der Waals surface area contributed by atoms with Crippen LogP contribution in [-0.2, 0) is 5.75 Å². The summed E-state index contributed by atoms with van der Waals surface area (Å²) in [6.07, 6.45) is 0. The fourth-order valence-electron chi connectivity index (χ4n) is 1.41. The van der Waals surface area contributed by atoms with Crippen molar-refractivity contribution in [2.75, 3.05) is 0 Å². The number of halogens is 1. The summed E-state index contributed by atoms with van der Waals surface area (Å²) in [5.41, 5.74) is 0.0872. The molecular formula is C12H10FNO2S2. The molecule has 6 heteroatoms. The van der Waals surface area contributed by atoms with Gasteiger partial charge < -0.3 is 5.11 Å². The van der Waals surface area contributed by atoms with Crippen LogP contribution in [0.25, 0.3) is 0 Å². The number of carboxylic acids is 1. The molecule has 0 amide bonds. The monoisotopic (exact) mass is 283 g/mol. The number of hydrogen-bond donors (Lipinski definition) is 1. The number of aryl methyl sites for hydroxylation is 1. The summed E-state index contributed by atoms with van der Waals surface area (Å²) >= 11 is 2.65. The molecule has 0 fully saturated rings. The number of carbonyl (C=O) groups is 1. The molecule has 1 aromatic heterocycles. The van der Waals surface area contributed by atoms with Crippen molar-refractivity contribution >= 4 is 29.1 Å². The third-order valence-electron chi connectivity index (χ3n) is 2.23. The maximum Gasteiger partial charge on any atom is 0.355 e. The fraction of sp³-hybridized carbons (Fsp3) is 0.167. The molecule has 0 aliphatic rings. The highest BCUT2D eigenvalue weighted by atomic mass is 32.2. The van der Waals surface area contributed by atoms with Crippen molar-refractivity contribution < 1.29 is 14.3 Å².